The Hall–Kier alpha value is -1.88. The van der Waals surface area contributed by atoms with Crippen molar-refractivity contribution in [3.8, 4) is 0 Å². The van der Waals surface area contributed by atoms with Crippen molar-refractivity contribution in [2.45, 2.75) is 38.5 Å². The molecule has 0 unspecified atom stereocenters. The average Bonchev–Trinajstić information content (AvgIpc) is 2.52. The maximum absolute atomic E-state index is 10.8. The number of aryl methyl sites for hydroxylation is 2. The van der Waals surface area contributed by atoms with Crippen molar-refractivity contribution in [2.75, 3.05) is 0 Å². The molecule has 4 nitrogen and oxygen atoms in total. The second-order valence-corrected chi connectivity index (χ2v) is 5.89. The zero-order valence-electron chi connectivity index (χ0n) is 12.0. The second kappa shape index (κ2) is 8.42. The van der Waals surface area contributed by atoms with E-state index in [4.69, 9.17) is 0 Å². The summed E-state index contributed by atoms with van der Waals surface area (Å²) in [4.78, 5) is 6.60. The van der Waals surface area contributed by atoms with Crippen LogP contribution in [0.15, 0.2) is 42.6 Å². The predicted octanol–water partition coefficient (Wildman–Crippen LogP) is 3.17. The minimum Gasteiger partial charge on any atom is -0.331 e. The van der Waals surface area contributed by atoms with Crippen molar-refractivity contribution in [2.24, 2.45) is 0 Å². The van der Waals surface area contributed by atoms with Crippen LogP contribution in [0.1, 0.15) is 36.9 Å². The molecule has 112 valence electrons. The molecule has 0 saturated carbocycles. The highest BCUT2D eigenvalue weighted by Crippen LogP contribution is 2.09. The minimum absolute atomic E-state index is 0.0107. The number of hydrogen-bond acceptors (Lipinski definition) is 3. The minimum atomic E-state index is -2.29. The molecule has 2 aromatic rings. The maximum atomic E-state index is 10.8. The van der Waals surface area contributed by atoms with Crippen molar-refractivity contribution in [1.29, 1.82) is 0 Å². The van der Waals surface area contributed by atoms with Gasteiger partial charge in [0.25, 0.3) is 15.1 Å². The molecule has 0 fully saturated rings. The number of nitrogens with zero attached hydrogens (tertiary/aromatic N) is 1. The fourth-order valence-corrected chi connectivity index (χ4v) is 2.64. The lowest BCUT2D eigenvalue weighted by Gasteiger charge is -2.03. The van der Waals surface area contributed by atoms with Gasteiger partial charge in [-0.3, -0.25) is 0 Å². The van der Waals surface area contributed by atoms with Gasteiger partial charge < -0.3 is 4.98 Å². The molecule has 1 aromatic heterocycles. The summed E-state index contributed by atoms with van der Waals surface area (Å²) in [5, 5.41) is 0. The van der Waals surface area contributed by atoms with Gasteiger partial charge in [-0.05, 0) is 37.3 Å². The average molecular weight is 304 g/mol. The molecule has 0 aliphatic carbocycles. The maximum Gasteiger partial charge on any atom is 0.258 e. The first-order valence-electron chi connectivity index (χ1n) is 7.26. The fraction of sp³-hybridized carbons (Fsp3) is 0.375. The highest BCUT2D eigenvalue weighted by molar-refractivity contribution is 7.63. The molecule has 5 heteroatoms. The van der Waals surface area contributed by atoms with Gasteiger partial charge in [0.2, 0.25) is 0 Å². The van der Waals surface area contributed by atoms with Crippen molar-refractivity contribution in [1.82, 2.24) is 9.97 Å². The van der Waals surface area contributed by atoms with Crippen LogP contribution in [-0.4, -0.2) is 18.4 Å². The molecule has 1 N–H and O–H groups in total. The number of benzene rings is 1. The topological polar surface area (TPSA) is 62.8 Å². The third-order valence-electron chi connectivity index (χ3n) is 3.40. The lowest BCUT2D eigenvalue weighted by molar-refractivity contribution is 0.621. The Labute approximate surface area is 126 Å². The van der Waals surface area contributed by atoms with Crippen LogP contribution in [0, 0.1) is 4.77 Å². The van der Waals surface area contributed by atoms with E-state index >= 15 is 0 Å². The van der Waals surface area contributed by atoms with E-state index in [0.29, 0.717) is 0 Å². The number of H-pyrrole nitrogens is 1. The van der Waals surface area contributed by atoms with Gasteiger partial charge in [-0.25, -0.2) is 4.98 Å². The summed E-state index contributed by atoms with van der Waals surface area (Å²) in [6.07, 6.45) is 8.12. The zero-order valence-corrected chi connectivity index (χ0v) is 12.8. The Morgan fingerprint density at radius 3 is 2.33 bits per heavy atom. The van der Waals surface area contributed by atoms with Gasteiger partial charge >= 0.3 is 0 Å². The number of hydrogen-bond donors (Lipinski definition) is 1. The molecule has 0 amide bonds. The van der Waals surface area contributed by atoms with Crippen LogP contribution in [0.4, 0.5) is 0 Å². The van der Waals surface area contributed by atoms with Gasteiger partial charge in [0.05, 0.1) is 0 Å². The van der Waals surface area contributed by atoms with E-state index in [9.17, 15) is 8.42 Å². The Morgan fingerprint density at radius 1 is 0.905 bits per heavy atom. The molecule has 0 bridgehead atoms. The summed E-state index contributed by atoms with van der Waals surface area (Å²) in [6, 6.07) is 12.4. The standard InChI is InChI=1S/C16H20N2O2S/c19-21(20)16-17-13-12-15(18-16)11-7-2-1-4-8-14-9-5-3-6-10-14/h3,5-6,9-10,12-13,18H,1-2,4,7-8,11H2. The van der Waals surface area contributed by atoms with Crippen molar-refractivity contribution < 1.29 is 8.42 Å². The van der Waals surface area contributed by atoms with Crippen LogP contribution in [0.2, 0.25) is 0 Å². The van der Waals surface area contributed by atoms with Crippen LogP contribution in [-0.2, 0) is 23.1 Å². The largest absolute Gasteiger partial charge is 0.331 e. The van der Waals surface area contributed by atoms with E-state index in [1.807, 2.05) is 12.1 Å². The van der Waals surface area contributed by atoms with Gasteiger partial charge in [-0.2, -0.15) is 8.42 Å². The van der Waals surface area contributed by atoms with Crippen LogP contribution < -0.4 is 0 Å². The van der Waals surface area contributed by atoms with E-state index < -0.39 is 10.3 Å². The number of aromatic amines is 1. The van der Waals surface area contributed by atoms with Crippen LogP contribution in [0.3, 0.4) is 0 Å². The summed E-state index contributed by atoms with van der Waals surface area (Å²) >= 11 is 0. The van der Waals surface area contributed by atoms with Crippen molar-refractivity contribution in [3.63, 3.8) is 0 Å². The predicted molar refractivity (Wildman–Crippen MR) is 83.1 cm³/mol. The lowest BCUT2D eigenvalue weighted by Crippen LogP contribution is -1.94. The molecular formula is C16H20N2O2S. The molecule has 1 heterocycles. The first kappa shape index (κ1) is 15.5. The Balaban J connectivity index is 1.68. The smallest absolute Gasteiger partial charge is 0.258 e. The van der Waals surface area contributed by atoms with Crippen molar-refractivity contribution >= 4 is 10.3 Å². The van der Waals surface area contributed by atoms with Crippen LogP contribution in [0.25, 0.3) is 0 Å². The van der Waals surface area contributed by atoms with Gasteiger partial charge in [-0.1, -0.05) is 43.2 Å². The normalized spacial score (nSPS) is 10.5. The molecule has 0 aliphatic heterocycles. The van der Waals surface area contributed by atoms with Gasteiger partial charge in [0.15, 0.2) is 0 Å². The highest BCUT2D eigenvalue weighted by Gasteiger charge is 1.96. The molecule has 0 saturated heterocycles. The first-order chi connectivity index (χ1) is 10.3. The van der Waals surface area contributed by atoms with E-state index in [1.165, 1.54) is 24.6 Å². The highest BCUT2D eigenvalue weighted by atomic mass is 32.2. The van der Waals surface area contributed by atoms with E-state index in [1.54, 1.807) is 0 Å². The van der Waals surface area contributed by atoms with Gasteiger partial charge in [0.1, 0.15) is 0 Å². The quantitative estimate of drug-likeness (QED) is 0.631. The van der Waals surface area contributed by atoms with Gasteiger partial charge in [0, 0.05) is 11.9 Å². The summed E-state index contributed by atoms with van der Waals surface area (Å²) in [6.45, 7) is 0. The molecule has 21 heavy (non-hydrogen) atoms. The van der Waals surface area contributed by atoms with Crippen LogP contribution in [0.5, 0.6) is 0 Å². The number of nitrogens with one attached hydrogen (secondary N) is 1. The van der Waals surface area contributed by atoms with Gasteiger partial charge in [-0.15, -0.1) is 0 Å². The molecule has 0 atom stereocenters. The summed E-state index contributed by atoms with van der Waals surface area (Å²) in [5.41, 5.74) is 2.31. The molecule has 0 aliphatic rings. The zero-order chi connectivity index (χ0) is 14.9. The monoisotopic (exact) mass is 304 g/mol. The summed E-state index contributed by atoms with van der Waals surface area (Å²) in [7, 11) is -2.29. The third-order valence-corrected chi connectivity index (χ3v) is 3.92. The number of rotatable bonds is 7. The Morgan fingerprint density at radius 2 is 1.62 bits per heavy atom. The summed E-state index contributed by atoms with van der Waals surface area (Å²) < 4.78 is 21.6. The Kier molecular flexibility index (Phi) is 6.22. The second-order valence-electron chi connectivity index (χ2n) is 5.03. The van der Waals surface area contributed by atoms with E-state index in [-0.39, 0.29) is 4.77 Å². The molecular weight excluding hydrogens is 284 g/mol. The number of unbranched alkanes of at least 4 members (excludes halogenated alkanes) is 3. The number of aromatic nitrogens is 2. The Bertz CT molecular complexity index is 713. The summed E-state index contributed by atoms with van der Waals surface area (Å²) in [5.74, 6) is 0. The van der Waals surface area contributed by atoms with E-state index in [2.05, 4.69) is 34.2 Å². The third kappa shape index (κ3) is 5.55. The molecule has 2 rings (SSSR count). The molecule has 0 radical (unpaired) electrons. The molecule has 0 spiro atoms. The van der Waals surface area contributed by atoms with E-state index in [0.717, 1.165) is 31.4 Å². The molecule has 1 aromatic carbocycles. The SMILES string of the molecule is O=S(=O)=c1nccc(CCCCCCc2ccccc2)[nH]1. The van der Waals surface area contributed by atoms with Crippen LogP contribution >= 0.6 is 0 Å². The lowest BCUT2D eigenvalue weighted by atomic mass is 10.1. The fourth-order valence-electron chi connectivity index (χ4n) is 2.28. The van der Waals surface area contributed by atoms with Crippen molar-refractivity contribution in [3.05, 3.63) is 58.6 Å². The first-order valence-corrected chi connectivity index (χ1v) is 8.33.